The zero-order chi connectivity index (χ0) is 22.7. The number of likely N-dealkylation sites (tertiary alicyclic amines) is 1. The lowest BCUT2D eigenvalue weighted by atomic mass is 9.47. The van der Waals surface area contributed by atoms with Gasteiger partial charge < -0.3 is 14.5 Å². The summed E-state index contributed by atoms with van der Waals surface area (Å²) in [6, 6.07) is 8.98. The molecule has 1 aliphatic heterocycles. The van der Waals surface area contributed by atoms with Gasteiger partial charge in [0.1, 0.15) is 5.75 Å². The van der Waals surface area contributed by atoms with E-state index in [9.17, 15) is 4.79 Å². The molecule has 176 valence electrons. The highest BCUT2D eigenvalue weighted by Gasteiger charge is 2.61. The van der Waals surface area contributed by atoms with Crippen LogP contribution in [-0.4, -0.2) is 44.6 Å². The van der Waals surface area contributed by atoms with Crippen LogP contribution >= 0.6 is 0 Å². The number of benzene rings is 1. The lowest BCUT2D eigenvalue weighted by Crippen LogP contribution is -2.61. The van der Waals surface area contributed by atoms with E-state index in [0.717, 1.165) is 43.0 Å². The Morgan fingerprint density at radius 2 is 1.69 bits per heavy atom. The molecule has 7 atom stereocenters. The second-order valence-corrected chi connectivity index (χ2v) is 12.0. The molecule has 1 aromatic carbocycles. The highest BCUT2D eigenvalue weighted by molar-refractivity contribution is 5.77. The number of nitrogens with zero attached hydrogens (tertiary/aromatic N) is 2. The predicted molar refractivity (Wildman–Crippen MR) is 130 cm³/mol. The number of fused-ring (bicyclic) bond motifs is 5. The van der Waals surface area contributed by atoms with Crippen LogP contribution in [0.4, 0.5) is 5.69 Å². The molecule has 0 radical (unpaired) electrons. The summed E-state index contributed by atoms with van der Waals surface area (Å²) in [7, 11) is 6.21. The van der Waals surface area contributed by atoms with Crippen molar-refractivity contribution in [1.82, 2.24) is 4.90 Å². The van der Waals surface area contributed by atoms with Crippen LogP contribution in [0.15, 0.2) is 24.3 Å². The Morgan fingerprint density at radius 3 is 2.41 bits per heavy atom. The van der Waals surface area contributed by atoms with E-state index >= 15 is 0 Å². The fourth-order valence-corrected chi connectivity index (χ4v) is 8.57. The summed E-state index contributed by atoms with van der Waals surface area (Å²) >= 11 is 0. The van der Waals surface area contributed by atoms with Crippen molar-refractivity contribution in [1.29, 1.82) is 0 Å². The summed E-state index contributed by atoms with van der Waals surface area (Å²) in [4.78, 5) is 16.6. The number of anilines is 1. The van der Waals surface area contributed by atoms with Gasteiger partial charge in [-0.1, -0.05) is 13.8 Å². The molecule has 1 aromatic rings. The first-order chi connectivity index (χ1) is 15.2. The number of hydrogen-bond donors (Lipinski definition) is 0. The molecular weight excluding hydrogens is 396 g/mol. The van der Waals surface area contributed by atoms with Crippen molar-refractivity contribution in [3.63, 3.8) is 0 Å². The molecule has 1 amide bonds. The second-order valence-electron chi connectivity index (χ2n) is 12.0. The minimum Gasteiger partial charge on any atom is -0.493 e. The van der Waals surface area contributed by atoms with Crippen LogP contribution in [-0.2, 0) is 4.79 Å². The van der Waals surface area contributed by atoms with E-state index in [-0.39, 0.29) is 0 Å². The highest BCUT2D eigenvalue weighted by Crippen LogP contribution is 2.66. The third-order valence-corrected chi connectivity index (χ3v) is 10.6. The minimum absolute atomic E-state index is 0.315. The first-order valence-electron chi connectivity index (χ1n) is 12.9. The van der Waals surface area contributed by atoms with Gasteiger partial charge in [-0.15, -0.1) is 0 Å². The molecule has 0 N–H and O–H groups in total. The Kier molecular flexibility index (Phi) is 5.49. The van der Waals surface area contributed by atoms with Crippen molar-refractivity contribution in [2.24, 2.45) is 34.5 Å². The Morgan fingerprint density at radius 1 is 0.969 bits per heavy atom. The van der Waals surface area contributed by atoms with Gasteiger partial charge in [0, 0.05) is 39.3 Å². The van der Waals surface area contributed by atoms with Crippen molar-refractivity contribution in [3.05, 3.63) is 24.3 Å². The third-order valence-electron chi connectivity index (χ3n) is 10.6. The number of carbonyl (C=O) groups is 1. The Bertz CT molecular complexity index is 851. The number of carbonyl (C=O) groups excluding carboxylic acids is 1. The van der Waals surface area contributed by atoms with Gasteiger partial charge in [-0.2, -0.15) is 0 Å². The molecule has 4 fully saturated rings. The zero-order valence-electron chi connectivity index (χ0n) is 20.8. The molecule has 1 saturated heterocycles. The topological polar surface area (TPSA) is 32.8 Å². The molecule has 1 unspecified atom stereocenters. The summed E-state index contributed by atoms with van der Waals surface area (Å²) in [5.74, 6) is 4.46. The fraction of sp³-hybridized carbons (Fsp3) is 0.750. The summed E-state index contributed by atoms with van der Waals surface area (Å²) < 4.78 is 6.34. The average Bonchev–Trinajstić information content (AvgIpc) is 3.12. The molecule has 3 aliphatic carbocycles. The van der Waals surface area contributed by atoms with Crippen LogP contribution in [0.2, 0.25) is 0 Å². The summed E-state index contributed by atoms with van der Waals surface area (Å²) in [6.07, 6.45) is 9.68. The Hall–Kier alpha value is -1.71. The molecule has 0 aromatic heterocycles. The van der Waals surface area contributed by atoms with E-state index in [1.54, 1.807) is 0 Å². The standard InChI is InChI=1S/C28H42N2O2/c1-27-16-14-24-22(11-13-25-28(24,2)17-15-26(31)30(25)5)23(27)12-6-19(27)18-32-21-9-7-20(8-10-21)29(3)4/h7-10,19,22-25H,6,11-18H2,1-5H3/t19?,22-,23-,24-,25+,27+,28+/m0/s1. The first-order valence-corrected chi connectivity index (χ1v) is 12.9. The van der Waals surface area contributed by atoms with Gasteiger partial charge in [-0.3, -0.25) is 4.79 Å². The van der Waals surface area contributed by atoms with Crippen LogP contribution in [0.3, 0.4) is 0 Å². The Balaban J connectivity index is 1.28. The minimum atomic E-state index is 0.315. The largest absolute Gasteiger partial charge is 0.493 e. The van der Waals surface area contributed by atoms with E-state index in [0.29, 0.717) is 28.7 Å². The molecular formula is C28H42N2O2. The van der Waals surface area contributed by atoms with Crippen molar-refractivity contribution in [3.8, 4) is 5.75 Å². The van der Waals surface area contributed by atoms with Crippen LogP contribution in [0, 0.1) is 34.5 Å². The van der Waals surface area contributed by atoms with Gasteiger partial charge in [0.15, 0.2) is 0 Å². The maximum atomic E-state index is 12.4. The lowest BCUT2D eigenvalue weighted by Gasteiger charge is -2.61. The maximum Gasteiger partial charge on any atom is 0.222 e. The molecule has 3 saturated carbocycles. The molecule has 4 aliphatic rings. The molecule has 32 heavy (non-hydrogen) atoms. The van der Waals surface area contributed by atoms with Gasteiger partial charge in [-0.25, -0.2) is 0 Å². The van der Waals surface area contributed by atoms with Gasteiger partial charge in [0.25, 0.3) is 0 Å². The van der Waals surface area contributed by atoms with Crippen LogP contribution in [0.5, 0.6) is 5.75 Å². The third kappa shape index (κ3) is 3.35. The lowest BCUT2D eigenvalue weighted by molar-refractivity contribution is -0.158. The van der Waals surface area contributed by atoms with Crippen molar-refractivity contribution in [2.75, 3.05) is 32.6 Å². The SMILES string of the molecule is CN(C)c1ccc(OCC2CC[C@H]3[C@@H]4CC[C@H]5N(C)C(=O)CC[C@]5(C)[C@H]4CC[C@]23C)cc1. The van der Waals surface area contributed by atoms with Gasteiger partial charge >= 0.3 is 0 Å². The quantitative estimate of drug-likeness (QED) is 0.612. The summed E-state index contributed by atoms with van der Waals surface area (Å²) in [5.41, 5.74) is 1.93. The molecule has 0 spiro atoms. The fourth-order valence-electron chi connectivity index (χ4n) is 8.57. The number of ether oxygens (including phenoxy) is 1. The second kappa shape index (κ2) is 7.95. The van der Waals surface area contributed by atoms with Gasteiger partial charge in [0.2, 0.25) is 5.91 Å². The molecule has 1 heterocycles. The molecule has 5 rings (SSSR count). The van der Waals surface area contributed by atoms with Crippen molar-refractivity contribution in [2.45, 2.75) is 71.3 Å². The molecule has 0 bridgehead atoms. The smallest absolute Gasteiger partial charge is 0.222 e. The average molecular weight is 439 g/mol. The van der Waals surface area contributed by atoms with Crippen molar-refractivity contribution < 1.29 is 9.53 Å². The number of hydrogen-bond acceptors (Lipinski definition) is 3. The normalized spacial score (nSPS) is 41.0. The predicted octanol–water partition coefficient (Wildman–Crippen LogP) is 5.61. The number of piperidine rings is 1. The number of rotatable bonds is 4. The van der Waals surface area contributed by atoms with Gasteiger partial charge in [0.05, 0.1) is 6.61 Å². The maximum absolute atomic E-state index is 12.4. The van der Waals surface area contributed by atoms with E-state index in [1.165, 1.54) is 44.2 Å². The van der Waals surface area contributed by atoms with Crippen molar-refractivity contribution >= 4 is 11.6 Å². The van der Waals surface area contributed by atoms with E-state index < -0.39 is 0 Å². The molecule has 4 heteroatoms. The Labute approximate surface area is 194 Å². The first kappa shape index (κ1) is 22.1. The van der Waals surface area contributed by atoms with E-state index in [2.05, 4.69) is 69.1 Å². The van der Waals surface area contributed by atoms with E-state index in [1.807, 2.05) is 0 Å². The van der Waals surface area contributed by atoms with Crippen LogP contribution in [0.1, 0.15) is 65.2 Å². The van der Waals surface area contributed by atoms with Crippen LogP contribution < -0.4 is 9.64 Å². The van der Waals surface area contributed by atoms with Gasteiger partial charge in [-0.05, 0) is 104 Å². The number of amides is 1. The molecule has 4 nitrogen and oxygen atoms in total. The van der Waals surface area contributed by atoms with Crippen LogP contribution in [0.25, 0.3) is 0 Å². The zero-order valence-corrected chi connectivity index (χ0v) is 20.8. The van der Waals surface area contributed by atoms with E-state index in [4.69, 9.17) is 4.74 Å². The highest BCUT2D eigenvalue weighted by atomic mass is 16.5. The summed E-state index contributed by atoms with van der Waals surface area (Å²) in [5, 5.41) is 0. The summed E-state index contributed by atoms with van der Waals surface area (Å²) in [6.45, 7) is 5.95. The monoisotopic (exact) mass is 438 g/mol.